The summed E-state index contributed by atoms with van der Waals surface area (Å²) in [6, 6.07) is 15.2. The van der Waals surface area contributed by atoms with Crippen molar-refractivity contribution in [1.82, 2.24) is 4.90 Å². The molecule has 1 amide bonds. The predicted molar refractivity (Wildman–Crippen MR) is 103 cm³/mol. The van der Waals surface area contributed by atoms with Crippen molar-refractivity contribution in [2.45, 2.75) is 19.5 Å². The Morgan fingerprint density at radius 1 is 1.08 bits per heavy atom. The van der Waals surface area contributed by atoms with Crippen molar-refractivity contribution in [3.8, 4) is 5.75 Å². The second kappa shape index (κ2) is 8.23. The SMILES string of the molecule is COc1ccc(CN(C)C(=O)C(C)N(c2ccccc2)S(C)(=O)=O)cc1. The van der Waals surface area contributed by atoms with Gasteiger partial charge in [-0.25, -0.2) is 8.42 Å². The number of nitrogens with zero attached hydrogens (tertiary/aromatic N) is 2. The number of sulfonamides is 1. The van der Waals surface area contributed by atoms with Gasteiger partial charge in [-0.15, -0.1) is 0 Å². The maximum absolute atomic E-state index is 12.8. The third-order valence-electron chi connectivity index (χ3n) is 4.03. The number of amides is 1. The zero-order valence-electron chi connectivity index (χ0n) is 15.4. The second-order valence-corrected chi connectivity index (χ2v) is 7.97. The van der Waals surface area contributed by atoms with E-state index in [9.17, 15) is 13.2 Å². The fourth-order valence-corrected chi connectivity index (χ4v) is 3.95. The van der Waals surface area contributed by atoms with E-state index in [-0.39, 0.29) is 5.91 Å². The van der Waals surface area contributed by atoms with Crippen LogP contribution in [0.2, 0.25) is 0 Å². The normalized spacial score (nSPS) is 12.3. The molecule has 2 aromatic rings. The fraction of sp³-hybridized carbons (Fsp3) is 0.316. The molecule has 0 heterocycles. The summed E-state index contributed by atoms with van der Waals surface area (Å²) in [5.74, 6) is 0.457. The topological polar surface area (TPSA) is 66.9 Å². The van der Waals surface area contributed by atoms with Crippen LogP contribution in [0, 0.1) is 0 Å². The molecule has 0 fully saturated rings. The molecule has 0 spiro atoms. The van der Waals surface area contributed by atoms with E-state index < -0.39 is 16.1 Å². The van der Waals surface area contributed by atoms with Gasteiger partial charge in [-0.2, -0.15) is 0 Å². The molecule has 0 aliphatic rings. The molecule has 0 aromatic heterocycles. The van der Waals surface area contributed by atoms with E-state index in [1.807, 2.05) is 24.3 Å². The highest BCUT2D eigenvalue weighted by molar-refractivity contribution is 7.92. The van der Waals surface area contributed by atoms with E-state index in [0.717, 1.165) is 21.9 Å². The molecule has 1 unspecified atom stereocenters. The molecule has 2 rings (SSSR count). The van der Waals surface area contributed by atoms with Gasteiger partial charge in [0, 0.05) is 13.6 Å². The van der Waals surface area contributed by atoms with Crippen LogP contribution >= 0.6 is 0 Å². The lowest BCUT2D eigenvalue weighted by molar-refractivity contribution is -0.131. The average molecular weight is 376 g/mol. The van der Waals surface area contributed by atoms with Crippen LogP contribution < -0.4 is 9.04 Å². The van der Waals surface area contributed by atoms with Gasteiger partial charge in [-0.3, -0.25) is 9.10 Å². The van der Waals surface area contributed by atoms with Crippen molar-refractivity contribution in [3.63, 3.8) is 0 Å². The minimum atomic E-state index is -3.61. The highest BCUT2D eigenvalue weighted by Crippen LogP contribution is 2.21. The van der Waals surface area contributed by atoms with E-state index in [0.29, 0.717) is 12.2 Å². The van der Waals surface area contributed by atoms with Crippen LogP contribution in [-0.4, -0.2) is 45.7 Å². The standard InChI is InChI=1S/C19H24N2O4S/c1-15(21(26(4,23)24)17-8-6-5-7-9-17)19(22)20(2)14-16-10-12-18(25-3)13-11-16/h5-13,15H,14H2,1-4H3. The molecule has 0 saturated heterocycles. The summed E-state index contributed by atoms with van der Waals surface area (Å²) in [5, 5.41) is 0. The molecule has 140 valence electrons. The van der Waals surface area contributed by atoms with Gasteiger partial charge in [0.25, 0.3) is 0 Å². The first kappa shape index (κ1) is 19.8. The molecule has 0 aliphatic carbocycles. The highest BCUT2D eigenvalue weighted by Gasteiger charge is 2.30. The molecule has 1 atom stereocenters. The molecule has 0 N–H and O–H groups in total. The van der Waals surface area contributed by atoms with Crippen molar-refractivity contribution in [3.05, 3.63) is 60.2 Å². The number of rotatable bonds is 7. The largest absolute Gasteiger partial charge is 0.497 e. The summed E-state index contributed by atoms with van der Waals surface area (Å²) in [7, 11) is -0.354. The molecule has 0 radical (unpaired) electrons. The summed E-state index contributed by atoms with van der Waals surface area (Å²) < 4.78 is 30.8. The molecule has 0 bridgehead atoms. The van der Waals surface area contributed by atoms with Gasteiger partial charge >= 0.3 is 0 Å². The number of anilines is 1. The Bertz CT molecular complexity index is 836. The monoisotopic (exact) mass is 376 g/mol. The zero-order valence-corrected chi connectivity index (χ0v) is 16.2. The third-order valence-corrected chi connectivity index (χ3v) is 5.27. The Labute approximate surface area is 155 Å². The summed E-state index contributed by atoms with van der Waals surface area (Å²) in [6.45, 7) is 1.97. The Kier molecular flexibility index (Phi) is 6.26. The average Bonchev–Trinajstić information content (AvgIpc) is 2.61. The summed E-state index contributed by atoms with van der Waals surface area (Å²) in [4.78, 5) is 14.3. The molecule has 0 aliphatic heterocycles. The summed E-state index contributed by atoms with van der Waals surface area (Å²) >= 11 is 0. The Morgan fingerprint density at radius 2 is 1.65 bits per heavy atom. The summed E-state index contributed by atoms with van der Waals surface area (Å²) in [5.41, 5.74) is 1.40. The fourth-order valence-electron chi connectivity index (χ4n) is 2.78. The van der Waals surface area contributed by atoms with E-state index in [1.54, 1.807) is 51.4 Å². The van der Waals surface area contributed by atoms with Gasteiger partial charge in [0.1, 0.15) is 11.8 Å². The van der Waals surface area contributed by atoms with Gasteiger partial charge in [0.2, 0.25) is 15.9 Å². The minimum absolute atomic E-state index is 0.282. The van der Waals surface area contributed by atoms with E-state index in [2.05, 4.69) is 0 Å². The van der Waals surface area contributed by atoms with Crippen molar-refractivity contribution < 1.29 is 17.9 Å². The number of benzene rings is 2. The second-order valence-electron chi connectivity index (χ2n) is 6.11. The van der Waals surface area contributed by atoms with Gasteiger partial charge in [0.15, 0.2) is 0 Å². The van der Waals surface area contributed by atoms with Gasteiger partial charge in [0.05, 0.1) is 19.1 Å². The maximum Gasteiger partial charge on any atom is 0.246 e. The van der Waals surface area contributed by atoms with Crippen molar-refractivity contribution in [2.75, 3.05) is 24.7 Å². The number of hydrogen-bond donors (Lipinski definition) is 0. The van der Waals surface area contributed by atoms with Crippen molar-refractivity contribution >= 4 is 21.6 Å². The molecule has 6 nitrogen and oxygen atoms in total. The number of likely N-dealkylation sites (N-methyl/N-ethyl adjacent to an activating group) is 1. The van der Waals surface area contributed by atoms with Crippen LogP contribution in [0.3, 0.4) is 0 Å². The van der Waals surface area contributed by atoms with E-state index in [1.165, 1.54) is 4.90 Å². The predicted octanol–water partition coefficient (Wildman–Crippen LogP) is 2.51. The number of carbonyl (C=O) groups is 1. The van der Waals surface area contributed by atoms with E-state index >= 15 is 0 Å². The number of carbonyl (C=O) groups excluding carboxylic acids is 1. The Hall–Kier alpha value is -2.54. The number of para-hydroxylation sites is 1. The van der Waals surface area contributed by atoms with Crippen molar-refractivity contribution in [1.29, 1.82) is 0 Å². The lowest BCUT2D eigenvalue weighted by Gasteiger charge is -2.31. The molecule has 26 heavy (non-hydrogen) atoms. The Balaban J connectivity index is 2.19. The molecular formula is C19H24N2O4S. The number of hydrogen-bond acceptors (Lipinski definition) is 4. The van der Waals surface area contributed by atoms with Gasteiger partial charge < -0.3 is 9.64 Å². The highest BCUT2D eigenvalue weighted by atomic mass is 32.2. The van der Waals surface area contributed by atoms with Crippen molar-refractivity contribution in [2.24, 2.45) is 0 Å². The van der Waals surface area contributed by atoms with Gasteiger partial charge in [-0.1, -0.05) is 30.3 Å². The van der Waals surface area contributed by atoms with Gasteiger partial charge in [-0.05, 0) is 36.8 Å². The van der Waals surface area contributed by atoms with Crippen LogP contribution in [0.25, 0.3) is 0 Å². The molecule has 2 aromatic carbocycles. The minimum Gasteiger partial charge on any atom is -0.497 e. The van der Waals surface area contributed by atoms with E-state index in [4.69, 9.17) is 4.74 Å². The van der Waals surface area contributed by atoms with Crippen LogP contribution in [0.4, 0.5) is 5.69 Å². The first-order valence-electron chi connectivity index (χ1n) is 8.16. The van der Waals surface area contributed by atoms with Crippen LogP contribution in [0.15, 0.2) is 54.6 Å². The number of ether oxygens (including phenoxy) is 1. The molecular weight excluding hydrogens is 352 g/mol. The third kappa shape index (κ3) is 4.76. The first-order valence-corrected chi connectivity index (χ1v) is 10.0. The first-order chi connectivity index (χ1) is 12.2. The summed E-state index contributed by atoms with van der Waals surface area (Å²) in [6.07, 6.45) is 1.10. The Morgan fingerprint density at radius 3 is 2.15 bits per heavy atom. The smallest absolute Gasteiger partial charge is 0.246 e. The lowest BCUT2D eigenvalue weighted by Crippen LogP contribution is -2.48. The number of methoxy groups -OCH3 is 1. The molecule has 0 saturated carbocycles. The quantitative estimate of drug-likeness (QED) is 0.745. The zero-order chi connectivity index (χ0) is 19.3. The van der Waals surface area contributed by atoms with Crippen LogP contribution in [-0.2, 0) is 21.4 Å². The van der Waals surface area contributed by atoms with Crippen LogP contribution in [0.1, 0.15) is 12.5 Å². The maximum atomic E-state index is 12.8. The lowest BCUT2D eigenvalue weighted by atomic mass is 10.2. The van der Waals surface area contributed by atoms with Crippen LogP contribution in [0.5, 0.6) is 5.75 Å². The molecule has 7 heteroatoms.